The van der Waals surface area contributed by atoms with E-state index >= 15 is 0 Å². The summed E-state index contributed by atoms with van der Waals surface area (Å²) in [6.07, 6.45) is 1.76. The molecule has 1 atom stereocenters. The number of nitro groups is 1. The summed E-state index contributed by atoms with van der Waals surface area (Å²) in [7, 11) is 1.41. The molecule has 1 unspecified atom stereocenters. The quantitative estimate of drug-likeness (QED) is 0.477. The van der Waals surface area contributed by atoms with Crippen LogP contribution in [0.5, 0.6) is 5.75 Å². The van der Waals surface area contributed by atoms with Crippen molar-refractivity contribution in [2.45, 2.75) is 44.4 Å². The number of nitrogens with one attached hydrogen (secondary N) is 1. The van der Waals surface area contributed by atoms with Gasteiger partial charge in [0.2, 0.25) is 11.8 Å². The Morgan fingerprint density at radius 3 is 2.70 bits per heavy atom. The van der Waals surface area contributed by atoms with Gasteiger partial charge in [-0.1, -0.05) is 23.9 Å². The number of aryl methyl sites for hydroxylation is 2. The summed E-state index contributed by atoms with van der Waals surface area (Å²) in [5.41, 5.74) is 2.92. The van der Waals surface area contributed by atoms with Crippen LogP contribution in [0.4, 0.5) is 17.1 Å². The highest BCUT2D eigenvalue weighted by atomic mass is 32.2. The molecular weight excluding hydrogens is 444 g/mol. The lowest BCUT2D eigenvalue weighted by atomic mass is 10.1. The molecule has 0 bridgehead atoms. The summed E-state index contributed by atoms with van der Waals surface area (Å²) in [4.78, 5) is 42.9. The van der Waals surface area contributed by atoms with E-state index in [2.05, 4.69) is 5.32 Å². The highest BCUT2D eigenvalue weighted by Crippen LogP contribution is 2.40. The maximum Gasteiger partial charge on any atom is 0.271 e. The molecule has 1 aliphatic heterocycles. The zero-order valence-electron chi connectivity index (χ0n) is 18.5. The molecule has 1 saturated carbocycles. The van der Waals surface area contributed by atoms with Crippen LogP contribution in [0, 0.1) is 24.0 Å². The molecule has 2 fully saturated rings. The zero-order valence-corrected chi connectivity index (χ0v) is 19.3. The van der Waals surface area contributed by atoms with Crippen LogP contribution in [0.25, 0.3) is 0 Å². The van der Waals surface area contributed by atoms with Gasteiger partial charge in [-0.3, -0.25) is 24.6 Å². The molecule has 1 heterocycles. The van der Waals surface area contributed by atoms with Crippen molar-refractivity contribution < 1.29 is 19.2 Å². The number of thioether (sulfide) groups is 1. The monoisotopic (exact) mass is 468 g/mol. The van der Waals surface area contributed by atoms with Crippen molar-refractivity contribution in [1.82, 2.24) is 4.90 Å². The smallest absolute Gasteiger partial charge is 0.271 e. The Morgan fingerprint density at radius 2 is 2.03 bits per heavy atom. The molecular formula is C23H24N4O5S. The summed E-state index contributed by atoms with van der Waals surface area (Å²) in [6.45, 7) is 3.96. The fraction of sp³-hybridized carbons (Fsp3) is 0.348. The molecule has 33 heavy (non-hydrogen) atoms. The lowest BCUT2D eigenvalue weighted by Gasteiger charge is -2.16. The molecule has 0 radical (unpaired) electrons. The van der Waals surface area contributed by atoms with Gasteiger partial charge < -0.3 is 10.1 Å². The third-order valence-corrected chi connectivity index (χ3v) is 6.65. The first kappa shape index (κ1) is 22.8. The van der Waals surface area contributed by atoms with Crippen molar-refractivity contribution in [3.63, 3.8) is 0 Å². The molecule has 2 aromatic rings. The first-order valence-electron chi connectivity index (χ1n) is 10.5. The van der Waals surface area contributed by atoms with E-state index in [1.807, 2.05) is 32.0 Å². The third-order valence-electron chi connectivity index (χ3n) is 5.50. The van der Waals surface area contributed by atoms with Gasteiger partial charge in [-0.15, -0.1) is 0 Å². The molecule has 2 aromatic carbocycles. The summed E-state index contributed by atoms with van der Waals surface area (Å²) in [5, 5.41) is 13.7. The number of amidine groups is 1. The number of methoxy groups -OCH3 is 1. The van der Waals surface area contributed by atoms with Gasteiger partial charge in [0.25, 0.3) is 5.69 Å². The Balaban J connectivity index is 1.53. The van der Waals surface area contributed by atoms with E-state index in [4.69, 9.17) is 9.73 Å². The number of aliphatic imine (C=N–C) groups is 1. The maximum absolute atomic E-state index is 13.1. The van der Waals surface area contributed by atoms with Crippen molar-refractivity contribution in [2.75, 3.05) is 12.4 Å². The number of carbonyl (C=O) groups is 2. The Kier molecular flexibility index (Phi) is 6.37. The minimum atomic E-state index is -0.612. The third kappa shape index (κ3) is 5.00. The SMILES string of the molecule is COc1ccc([N+](=O)[O-])cc1NC(=O)CC1SC(=Nc2cc(C)ccc2C)N(C2CC2)C1=O. The van der Waals surface area contributed by atoms with Gasteiger partial charge in [0, 0.05) is 24.6 Å². The largest absolute Gasteiger partial charge is 0.495 e. The van der Waals surface area contributed by atoms with Crippen LogP contribution >= 0.6 is 11.8 Å². The summed E-state index contributed by atoms with van der Waals surface area (Å²) < 4.78 is 5.20. The molecule has 172 valence electrons. The number of nitrogens with zero attached hydrogens (tertiary/aromatic N) is 3. The second kappa shape index (κ2) is 9.22. The lowest BCUT2D eigenvalue weighted by Crippen LogP contribution is -2.35. The molecule has 0 spiro atoms. The van der Waals surface area contributed by atoms with Gasteiger partial charge in [0.1, 0.15) is 11.0 Å². The number of hydrogen-bond donors (Lipinski definition) is 1. The molecule has 1 saturated heterocycles. The zero-order chi connectivity index (χ0) is 23.7. The van der Waals surface area contributed by atoms with Crippen molar-refractivity contribution >= 4 is 45.8 Å². The van der Waals surface area contributed by atoms with Gasteiger partial charge in [0.05, 0.1) is 23.4 Å². The Labute approximate surface area is 195 Å². The number of non-ortho nitro benzene ring substituents is 1. The van der Waals surface area contributed by atoms with Crippen LogP contribution in [-0.2, 0) is 9.59 Å². The van der Waals surface area contributed by atoms with E-state index in [0.29, 0.717) is 10.9 Å². The van der Waals surface area contributed by atoms with Gasteiger partial charge in [-0.25, -0.2) is 4.99 Å². The maximum atomic E-state index is 13.1. The van der Waals surface area contributed by atoms with Gasteiger partial charge >= 0.3 is 0 Å². The second-order valence-electron chi connectivity index (χ2n) is 8.12. The molecule has 2 aliphatic rings. The Morgan fingerprint density at radius 1 is 1.27 bits per heavy atom. The number of anilines is 1. The van der Waals surface area contributed by atoms with Gasteiger partial charge in [0.15, 0.2) is 5.17 Å². The predicted molar refractivity (Wildman–Crippen MR) is 127 cm³/mol. The average Bonchev–Trinajstić information content (AvgIpc) is 3.56. The second-order valence-corrected chi connectivity index (χ2v) is 9.29. The molecule has 2 amide bonds. The Hall–Kier alpha value is -3.40. The number of benzene rings is 2. The Bertz CT molecular complexity index is 1160. The molecule has 10 heteroatoms. The van der Waals surface area contributed by atoms with Crippen molar-refractivity contribution in [1.29, 1.82) is 0 Å². The van der Waals surface area contributed by atoms with Gasteiger partial charge in [-0.2, -0.15) is 0 Å². The fourth-order valence-corrected chi connectivity index (χ4v) is 4.79. The van der Waals surface area contributed by atoms with Crippen LogP contribution in [0.2, 0.25) is 0 Å². The van der Waals surface area contributed by atoms with Crippen LogP contribution in [0.15, 0.2) is 41.4 Å². The molecule has 1 aliphatic carbocycles. The predicted octanol–water partition coefficient (Wildman–Crippen LogP) is 4.34. The van der Waals surface area contributed by atoms with E-state index in [1.54, 1.807) is 4.90 Å². The molecule has 9 nitrogen and oxygen atoms in total. The van der Waals surface area contributed by atoms with E-state index in [0.717, 1.165) is 29.7 Å². The van der Waals surface area contributed by atoms with Crippen LogP contribution < -0.4 is 10.1 Å². The number of nitro benzene ring substituents is 1. The average molecular weight is 469 g/mol. The van der Waals surface area contributed by atoms with Crippen LogP contribution in [0.3, 0.4) is 0 Å². The first-order valence-corrected chi connectivity index (χ1v) is 11.4. The number of hydrogen-bond acceptors (Lipinski definition) is 7. The van der Waals surface area contributed by atoms with Crippen LogP contribution in [-0.4, -0.2) is 45.2 Å². The number of ether oxygens (including phenoxy) is 1. The highest BCUT2D eigenvalue weighted by molar-refractivity contribution is 8.15. The summed E-state index contributed by atoms with van der Waals surface area (Å²) in [6, 6.07) is 10.1. The number of rotatable bonds is 7. The van der Waals surface area contributed by atoms with Gasteiger partial charge in [-0.05, 0) is 49.9 Å². The standard InChI is InChI=1S/C23H24N4O5S/c1-13-4-5-14(2)17(10-13)25-23-26(15-6-7-15)22(29)20(33-23)12-21(28)24-18-11-16(27(30)31)8-9-19(18)32-3/h4-5,8-11,15,20H,6-7,12H2,1-3H3,(H,24,28). The molecule has 1 N–H and O–H groups in total. The van der Waals surface area contributed by atoms with Crippen molar-refractivity contribution in [3.8, 4) is 5.75 Å². The summed E-state index contributed by atoms with van der Waals surface area (Å²) in [5.74, 6) is -0.257. The molecule has 0 aromatic heterocycles. The fourth-order valence-electron chi connectivity index (χ4n) is 3.58. The van der Waals surface area contributed by atoms with E-state index in [1.165, 1.54) is 37.1 Å². The lowest BCUT2D eigenvalue weighted by molar-refractivity contribution is -0.384. The van der Waals surface area contributed by atoms with E-state index < -0.39 is 16.1 Å². The minimum absolute atomic E-state index is 0.0790. The molecule has 4 rings (SSSR count). The summed E-state index contributed by atoms with van der Waals surface area (Å²) >= 11 is 1.29. The van der Waals surface area contributed by atoms with Crippen molar-refractivity contribution in [3.05, 3.63) is 57.6 Å². The highest BCUT2D eigenvalue weighted by Gasteiger charge is 2.46. The first-order chi connectivity index (χ1) is 15.8. The normalized spacial score (nSPS) is 19.1. The van der Waals surface area contributed by atoms with E-state index in [-0.39, 0.29) is 29.7 Å². The van der Waals surface area contributed by atoms with Crippen LogP contribution in [0.1, 0.15) is 30.4 Å². The van der Waals surface area contributed by atoms with E-state index in [9.17, 15) is 19.7 Å². The minimum Gasteiger partial charge on any atom is -0.495 e. The number of carbonyl (C=O) groups excluding carboxylic acids is 2. The number of amides is 2. The van der Waals surface area contributed by atoms with Crippen molar-refractivity contribution in [2.24, 2.45) is 4.99 Å². The topological polar surface area (TPSA) is 114 Å².